The van der Waals surface area contributed by atoms with Crippen LogP contribution in [0.15, 0.2) is 27.9 Å². The highest BCUT2D eigenvalue weighted by molar-refractivity contribution is 7.91. The molecule has 1 saturated carbocycles. The molecule has 1 aromatic carbocycles. The third-order valence-electron chi connectivity index (χ3n) is 7.22. The summed E-state index contributed by atoms with van der Waals surface area (Å²) >= 11 is 0. The highest BCUT2D eigenvalue weighted by Crippen LogP contribution is 2.38. The molecule has 1 heterocycles. The van der Waals surface area contributed by atoms with E-state index >= 15 is 0 Å². The molecule has 3 aliphatic carbocycles. The molecule has 0 bridgehead atoms. The van der Waals surface area contributed by atoms with E-state index in [1.807, 2.05) is 0 Å². The van der Waals surface area contributed by atoms with Gasteiger partial charge in [-0.2, -0.15) is 0 Å². The smallest absolute Gasteiger partial charge is 0.332 e. The summed E-state index contributed by atoms with van der Waals surface area (Å²) < 4.78 is 28.7. The molecule has 182 valence electrons. The maximum absolute atomic E-state index is 13.0. The number of benzene rings is 1. The minimum atomic E-state index is -3.82. The summed E-state index contributed by atoms with van der Waals surface area (Å²) in [6, 6.07) is 2.74. The summed E-state index contributed by atoms with van der Waals surface area (Å²) in [5.74, 6) is -0.412. The van der Waals surface area contributed by atoms with E-state index in [1.165, 1.54) is 22.1 Å². The number of rotatable bonds is 6. The Labute approximate surface area is 199 Å². The molecule has 1 aromatic heterocycles. The molecule has 5 rings (SSSR count). The number of nitrogens with one attached hydrogen (secondary N) is 3. The van der Waals surface area contributed by atoms with Gasteiger partial charge >= 0.3 is 6.03 Å². The molecule has 4 N–H and O–H groups in total. The molecular formula is C24H30N4O5S. The number of carbonyl (C=O) groups is 2. The summed E-state index contributed by atoms with van der Waals surface area (Å²) in [6.45, 7) is 0.189. The molecule has 0 radical (unpaired) electrons. The molecule has 1 unspecified atom stereocenters. The van der Waals surface area contributed by atoms with Gasteiger partial charge in [0.25, 0.3) is 5.91 Å². The van der Waals surface area contributed by atoms with Gasteiger partial charge < -0.3 is 19.7 Å². The standard InChI is InChI=1S/C24H30N4O5S/c1-28(14-24(31)9-4-10-24)22(29)17-12-20(33-13-17)34(25,32)27-23(30)26-21-18-7-2-5-15(18)11-16-6-3-8-19(16)21/h11-13,31H,2-10,14H2,1H3,(H3,25,26,27,30,32). The zero-order valence-corrected chi connectivity index (χ0v) is 20.1. The van der Waals surface area contributed by atoms with Gasteiger partial charge in [0.2, 0.25) is 5.09 Å². The first-order valence-electron chi connectivity index (χ1n) is 11.8. The van der Waals surface area contributed by atoms with Crippen LogP contribution in [-0.2, 0) is 35.6 Å². The monoisotopic (exact) mass is 486 g/mol. The molecule has 10 heteroatoms. The van der Waals surface area contributed by atoms with Crippen molar-refractivity contribution in [1.29, 1.82) is 4.78 Å². The highest BCUT2D eigenvalue weighted by Gasteiger charge is 2.37. The van der Waals surface area contributed by atoms with Gasteiger partial charge in [0, 0.05) is 25.3 Å². The molecule has 3 amide bonds. The Morgan fingerprint density at radius 2 is 1.76 bits per heavy atom. The van der Waals surface area contributed by atoms with E-state index < -0.39 is 27.5 Å². The second kappa shape index (κ2) is 8.42. The first-order valence-corrected chi connectivity index (χ1v) is 13.3. The molecular weight excluding hydrogens is 456 g/mol. The van der Waals surface area contributed by atoms with E-state index in [1.54, 1.807) is 7.05 Å². The van der Waals surface area contributed by atoms with E-state index in [0.29, 0.717) is 12.8 Å². The molecule has 0 spiro atoms. The Bertz CT molecular complexity index is 1230. The predicted octanol–water partition coefficient (Wildman–Crippen LogP) is 3.39. The summed E-state index contributed by atoms with van der Waals surface area (Å²) in [6.07, 6.45) is 9.19. The van der Waals surface area contributed by atoms with Gasteiger partial charge in [0.1, 0.15) is 6.26 Å². The van der Waals surface area contributed by atoms with Crippen molar-refractivity contribution in [3.8, 4) is 0 Å². The quantitative estimate of drug-likeness (QED) is 0.496. The molecule has 1 atom stereocenters. The van der Waals surface area contributed by atoms with E-state index in [-0.39, 0.29) is 17.2 Å². The Morgan fingerprint density at radius 1 is 1.12 bits per heavy atom. The number of urea groups is 1. The molecule has 3 aliphatic rings. The van der Waals surface area contributed by atoms with E-state index in [0.717, 1.165) is 68.0 Å². The van der Waals surface area contributed by atoms with Gasteiger partial charge in [0.15, 0.2) is 9.92 Å². The lowest BCUT2D eigenvalue weighted by Crippen LogP contribution is -2.48. The lowest BCUT2D eigenvalue weighted by Gasteiger charge is -2.39. The number of carbonyl (C=O) groups excluding carboxylic acids is 2. The fraction of sp³-hybridized carbons (Fsp3) is 0.500. The summed E-state index contributed by atoms with van der Waals surface area (Å²) in [5.41, 5.74) is 4.82. The SMILES string of the molecule is CN(CC1(O)CCC1)C(=O)c1coc(S(=N)(=O)NC(=O)Nc2c3c(cc4c2CCC4)CCC3)c1. The van der Waals surface area contributed by atoms with Crippen LogP contribution in [0.3, 0.4) is 0 Å². The lowest BCUT2D eigenvalue weighted by molar-refractivity contribution is -0.0499. The van der Waals surface area contributed by atoms with Gasteiger partial charge in [-0.05, 0) is 80.0 Å². The Kier molecular flexibility index (Phi) is 5.68. The fourth-order valence-corrected chi connectivity index (χ4v) is 6.23. The van der Waals surface area contributed by atoms with E-state index in [9.17, 15) is 18.9 Å². The van der Waals surface area contributed by atoms with Gasteiger partial charge in [0.05, 0.1) is 11.2 Å². The van der Waals surface area contributed by atoms with Crippen molar-refractivity contribution in [2.75, 3.05) is 18.9 Å². The third-order valence-corrected chi connectivity index (χ3v) is 8.47. The second-order valence-electron chi connectivity index (χ2n) is 9.74. The zero-order valence-electron chi connectivity index (χ0n) is 19.2. The number of hydrogen-bond acceptors (Lipinski definition) is 6. The van der Waals surface area contributed by atoms with Crippen LogP contribution >= 0.6 is 0 Å². The molecule has 34 heavy (non-hydrogen) atoms. The Balaban J connectivity index is 1.28. The van der Waals surface area contributed by atoms with Crippen LogP contribution in [0, 0.1) is 4.78 Å². The van der Waals surface area contributed by atoms with Crippen LogP contribution in [0.1, 0.15) is 64.7 Å². The van der Waals surface area contributed by atoms with Crippen LogP contribution < -0.4 is 10.0 Å². The van der Waals surface area contributed by atoms with Crippen molar-refractivity contribution in [2.24, 2.45) is 0 Å². The predicted molar refractivity (Wildman–Crippen MR) is 126 cm³/mol. The van der Waals surface area contributed by atoms with Crippen LogP contribution in [0.2, 0.25) is 0 Å². The molecule has 0 aliphatic heterocycles. The number of amides is 3. The van der Waals surface area contributed by atoms with E-state index in [2.05, 4.69) is 16.1 Å². The molecule has 2 aromatic rings. The van der Waals surface area contributed by atoms with Crippen LogP contribution in [0.4, 0.5) is 10.5 Å². The number of hydrogen-bond donors (Lipinski definition) is 4. The van der Waals surface area contributed by atoms with Crippen molar-refractivity contribution in [1.82, 2.24) is 9.62 Å². The second-order valence-corrected chi connectivity index (χ2v) is 11.5. The number of anilines is 1. The Morgan fingerprint density at radius 3 is 2.35 bits per heavy atom. The average Bonchev–Trinajstić information content (AvgIpc) is 3.51. The first-order chi connectivity index (χ1) is 16.2. The minimum absolute atomic E-state index is 0.112. The van der Waals surface area contributed by atoms with Gasteiger partial charge in [-0.3, -0.25) is 4.79 Å². The third kappa shape index (κ3) is 4.20. The number of fused-ring (bicyclic) bond motifs is 2. The van der Waals surface area contributed by atoms with Gasteiger partial charge in [-0.1, -0.05) is 6.07 Å². The zero-order chi connectivity index (χ0) is 24.1. The lowest BCUT2D eigenvalue weighted by atomic mass is 9.80. The number of likely N-dealkylation sites (N-methyl/N-ethyl adjacent to an activating group) is 1. The topological polar surface area (TPSA) is 136 Å². The van der Waals surface area contributed by atoms with Crippen molar-refractivity contribution in [3.63, 3.8) is 0 Å². The summed E-state index contributed by atoms with van der Waals surface area (Å²) in [5, 5.41) is 12.9. The molecule has 0 saturated heterocycles. The van der Waals surface area contributed by atoms with Crippen molar-refractivity contribution >= 4 is 27.5 Å². The van der Waals surface area contributed by atoms with Crippen LogP contribution in [0.25, 0.3) is 0 Å². The summed E-state index contributed by atoms with van der Waals surface area (Å²) in [4.78, 5) is 26.8. The van der Waals surface area contributed by atoms with Crippen LogP contribution in [-0.4, -0.2) is 45.3 Å². The normalized spacial score (nSPS) is 19.5. The number of nitrogens with zero attached hydrogens (tertiary/aromatic N) is 1. The number of aliphatic hydroxyl groups is 1. The molecule has 9 nitrogen and oxygen atoms in total. The van der Waals surface area contributed by atoms with Crippen molar-refractivity contribution in [3.05, 3.63) is 46.2 Å². The maximum Gasteiger partial charge on any atom is 0.332 e. The fourth-order valence-electron chi connectivity index (χ4n) is 5.34. The van der Waals surface area contributed by atoms with Crippen molar-refractivity contribution in [2.45, 2.75) is 68.5 Å². The average molecular weight is 487 g/mol. The van der Waals surface area contributed by atoms with Crippen LogP contribution in [0.5, 0.6) is 0 Å². The highest BCUT2D eigenvalue weighted by atomic mass is 32.2. The largest absolute Gasteiger partial charge is 0.452 e. The minimum Gasteiger partial charge on any atom is -0.452 e. The first kappa shape index (κ1) is 22.9. The number of furan rings is 1. The van der Waals surface area contributed by atoms with Gasteiger partial charge in [-0.25, -0.2) is 18.5 Å². The van der Waals surface area contributed by atoms with E-state index in [4.69, 9.17) is 9.20 Å². The van der Waals surface area contributed by atoms with Gasteiger partial charge in [-0.15, -0.1) is 0 Å². The number of aryl methyl sites for hydroxylation is 2. The Hall–Kier alpha value is -2.85. The summed E-state index contributed by atoms with van der Waals surface area (Å²) in [7, 11) is -2.25. The van der Waals surface area contributed by atoms with Crippen molar-refractivity contribution < 1.29 is 23.3 Å². The molecule has 1 fully saturated rings. The maximum atomic E-state index is 13.0.